The van der Waals surface area contributed by atoms with Crippen LogP contribution in [-0.4, -0.2) is 43.2 Å². The van der Waals surface area contributed by atoms with Crippen molar-refractivity contribution < 1.29 is 9.53 Å². The topological polar surface area (TPSA) is 55.6 Å². The summed E-state index contributed by atoms with van der Waals surface area (Å²) in [7, 11) is 1.94. The molecule has 1 fully saturated rings. The molecule has 0 bridgehead atoms. The van der Waals surface area contributed by atoms with E-state index in [0.29, 0.717) is 25.0 Å². The Bertz CT molecular complexity index is 215. The van der Waals surface area contributed by atoms with Gasteiger partial charge in [0.15, 0.2) is 0 Å². The molecule has 0 aromatic heterocycles. The molecule has 1 atom stereocenters. The number of hydrogen-bond acceptors (Lipinski definition) is 4. The number of carbonyl (C=O) groups is 1. The van der Waals surface area contributed by atoms with Gasteiger partial charge < -0.3 is 10.5 Å². The van der Waals surface area contributed by atoms with Crippen molar-refractivity contribution in [2.75, 3.05) is 20.1 Å². The maximum Gasteiger partial charge on any atom is 0.320 e. The van der Waals surface area contributed by atoms with Crippen molar-refractivity contribution in [3.8, 4) is 0 Å². The largest absolute Gasteiger partial charge is 0.462 e. The molecule has 0 amide bonds. The summed E-state index contributed by atoms with van der Waals surface area (Å²) >= 11 is 0. The number of esters is 1. The minimum absolute atomic E-state index is 0.0387. The van der Waals surface area contributed by atoms with Crippen LogP contribution in [0.5, 0.6) is 0 Å². The maximum atomic E-state index is 11.4. The fourth-order valence-electron chi connectivity index (χ4n) is 1.83. The highest BCUT2D eigenvalue weighted by atomic mass is 16.5. The van der Waals surface area contributed by atoms with E-state index in [2.05, 4.69) is 0 Å². The Morgan fingerprint density at radius 3 is 2.53 bits per heavy atom. The highest BCUT2D eigenvalue weighted by Crippen LogP contribution is 2.34. The molecule has 0 aliphatic heterocycles. The fraction of sp³-hybridized carbons (Fsp3) is 0.909. The van der Waals surface area contributed by atoms with E-state index in [4.69, 9.17) is 10.5 Å². The smallest absolute Gasteiger partial charge is 0.320 e. The van der Waals surface area contributed by atoms with Gasteiger partial charge in [0.25, 0.3) is 0 Å². The second-order valence-electron chi connectivity index (χ2n) is 4.59. The van der Waals surface area contributed by atoms with E-state index >= 15 is 0 Å². The van der Waals surface area contributed by atoms with Crippen LogP contribution in [-0.2, 0) is 9.53 Å². The van der Waals surface area contributed by atoms with Gasteiger partial charge in [-0.3, -0.25) is 9.69 Å². The monoisotopic (exact) mass is 214 g/mol. The zero-order chi connectivity index (χ0) is 11.4. The van der Waals surface area contributed by atoms with Gasteiger partial charge in [0, 0.05) is 12.6 Å². The molecule has 0 radical (unpaired) electrons. The Kier molecular flexibility index (Phi) is 4.54. The van der Waals surface area contributed by atoms with E-state index in [1.54, 1.807) is 0 Å². The Labute approximate surface area is 91.8 Å². The van der Waals surface area contributed by atoms with Crippen molar-refractivity contribution in [1.29, 1.82) is 0 Å². The predicted molar refractivity (Wildman–Crippen MR) is 59.4 cm³/mol. The van der Waals surface area contributed by atoms with Gasteiger partial charge in [0.1, 0.15) is 0 Å². The Hall–Kier alpha value is -0.610. The van der Waals surface area contributed by atoms with Crippen molar-refractivity contribution in [1.82, 2.24) is 4.90 Å². The van der Waals surface area contributed by atoms with Crippen molar-refractivity contribution >= 4 is 5.97 Å². The summed E-state index contributed by atoms with van der Waals surface area (Å²) < 4.78 is 5.09. The molecule has 1 aliphatic rings. The lowest BCUT2D eigenvalue weighted by molar-refractivity contribution is -0.148. The van der Waals surface area contributed by atoms with Crippen LogP contribution < -0.4 is 5.73 Å². The summed E-state index contributed by atoms with van der Waals surface area (Å²) in [6.45, 7) is 4.69. The second kappa shape index (κ2) is 5.47. The lowest BCUT2D eigenvalue weighted by Gasteiger charge is -2.26. The summed E-state index contributed by atoms with van der Waals surface area (Å²) in [5.74, 6) is 0.526. The summed E-state index contributed by atoms with van der Waals surface area (Å²) in [5.41, 5.74) is 5.70. The molecule has 1 unspecified atom stereocenters. The average molecular weight is 214 g/mol. The maximum absolute atomic E-state index is 11.4. The third-order valence-electron chi connectivity index (χ3n) is 2.72. The van der Waals surface area contributed by atoms with Gasteiger partial charge in [-0.05, 0) is 39.7 Å². The highest BCUT2D eigenvalue weighted by molar-refractivity contribution is 5.71. The van der Waals surface area contributed by atoms with Gasteiger partial charge in [0.05, 0.1) is 12.6 Å². The van der Waals surface area contributed by atoms with Crippen LogP contribution in [0, 0.1) is 5.92 Å². The Morgan fingerprint density at radius 1 is 1.53 bits per heavy atom. The normalized spacial score (nSPS) is 18.3. The first-order valence-corrected chi connectivity index (χ1v) is 5.64. The molecule has 1 aliphatic carbocycles. The predicted octanol–water partition coefficient (Wildman–Crippen LogP) is 0.607. The van der Waals surface area contributed by atoms with Crippen LogP contribution >= 0.6 is 0 Å². The highest BCUT2D eigenvalue weighted by Gasteiger charge is 2.33. The van der Waals surface area contributed by atoms with Crippen LogP contribution in [0.1, 0.15) is 26.7 Å². The molecule has 0 saturated heterocycles. The van der Waals surface area contributed by atoms with Crippen molar-refractivity contribution in [3.63, 3.8) is 0 Å². The van der Waals surface area contributed by atoms with Crippen molar-refractivity contribution in [3.05, 3.63) is 0 Å². The molecule has 15 heavy (non-hydrogen) atoms. The lowest BCUT2D eigenvalue weighted by atomic mass is 10.1. The first kappa shape index (κ1) is 12.5. The fourth-order valence-corrected chi connectivity index (χ4v) is 1.83. The van der Waals surface area contributed by atoms with E-state index in [0.717, 1.165) is 0 Å². The molecule has 4 nitrogen and oxygen atoms in total. The van der Waals surface area contributed by atoms with Crippen LogP contribution in [0.3, 0.4) is 0 Å². The molecule has 0 aromatic rings. The number of likely N-dealkylation sites (N-methyl/N-ethyl adjacent to an activating group) is 1. The van der Waals surface area contributed by atoms with Crippen molar-refractivity contribution in [2.45, 2.75) is 38.8 Å². The molecule has 2 N–H and O–H groups in total. The Balaban J connectivity index is 2.32. The van der Waals surface area contributed by atoms with Gasteiger partial charge in [0.2, 0.25) is 0 Å². The molecular weight excluding hydrogens is 192 g/mol. The SMILES string of the molecule is CC(C)OC(=O)CN(C)C(CN)C1CC1. The average Bonchev–Trinajstić information content (AvgIpc) is 2.87. The second-order valence-corrected chi connectivity index (χ2v) is 4.59. The quantitative estimate of drug-likeness (QED) is 0.658. The Morgan fingerprint density at radius 2 is 2.13 bits per heavy atom. The van der Waals surface area contributed by atoms with Crippen molar-refractivity contribution in [2.24, 2.45) is 11.7 Å². The van der Waals surface area contributed by atoms with Gasteiger partial charge in [-0.2, -0.15) is 0 Å². The minimum Gasteiger partial charge on any atom is -0.462 e. The van der Waals surface area contributed by atoms with Gasteiger partial charge in [-0.15, -0.1) is 0 Å². The first-order valence-electron chi connectivity index (χ1n) is 5.64. The molecule has 88 valence electrons. The molecule has 0 aromatic carbocycles. The number of nitrogens with two attached hydrogens (primary N) is 1. The van der Waals surface area contributed by atoms with Gasteiger partial charge in [-0.25, -0.2) is 0 Å². The van der Waals surface area contributed by atoms with E-state index < -0.39 is 0 Å². The molecule has 1 saturated carbocycles. The molecule has 0 spiro atoms. The number of nitrogens with zero attached hydrogens (tertiary/aromatic N) is 1. The summed E-state index contributed by atoms with van der Waals surface area (Å²) in [6.07, 6.45) is 2.44. The van der Waals surface area contributed by atoms with Gasteiger partial charge >= 0.3 is 5.97 Å². The number of ether oxygens (including phenoxy) is 1. The molecule has 0 heterocycles. The van der Waals surface area contributed by atoms with Crippen LogP contribution in [0.2, 0.25) is 0 Å². The zero-order valence-corrected chi connectivity index (χ0v) is 9.90. The minimum atomic E-state index is -0.161. The van der Waals surface area contributed by atoms with E-state index in [1.165, 1.54) is 12.8 Å². The number of rotatable bonds is 6. The standard InChI is InChI=1S/C11H22N2O2/c1-8(2)15-11(14)7-13(3)10(6-12)9-4-5-9/h8-10H,4-7,12H2,1-3H3. The zero-order valence-electron chi connectivity index (χ0n) is 9.90. The summed E-state index contributed by atoms with van der Waals surface area (Å²) in [6, 6.07) is 0.338. The van der Waals surface area contributed by atoms with E-state index in [1.807, 2.05) is 25.8 Å². The van der Waals surface area contributed by atoms with E-state index in [9.17, 15) is 4.79 Å². The summed E-state index contributed by atoms with van der Waals surface area (Å²) in [4.78, 5) is 13.4. The van der Waals surface area contributed by atoms with Crippen LogP contribution in [0.4, 0.5) is 0 Å². The first-order chi connectivity index (χ1) is 7.04. The van der Waals surface area contributed by atoms with Gasteiger partial charge in [-0.1, -0.05) is 0 Å². The third-order valence-corrected chi connectivity index (χ3v) is 2.72. The third kappa shape index (κ3) is 4.18. The van der Waals surface area contributed by atoms with Crippen LogP contribution in [0.25, 0.3) is 0 Å². The molecule has 1 rings (SSSR count). The number of hydrogen-bond donors (Lipinski definition) is 1. The molecule has 4 heteroatoms. The van der Waals surface area contributed by atoms with Crippen LogP contribution in [0.15, 0.2) is 0 Å². The lowest BCUT2D eigenvalue weighted by Crippen LogP contribution is -2.42. The summed E-state index contributed by atoms with van der Waals surface area (Å²) in [5, 5.41) is 0. The van der Waals surface area contributed by atoms with E-state index in [-0.39, 0.29) is 12.1 Å². The molecular formula is C11H22N2O2. The number of carbonyl (C=O) groups excluding carboxylic acids is 1.